The van der Waals surface area contributed by atoms with Crippen molar-refractivity contribution in [3.63, 3.8) is 0 Å². The van der Waals surface area contributed by atoms with Crippen LogP contribution in [0.25, 0.3) is 0 Å². The lowest BCUT2D eigenvalue weighted by Gasteiger charge is -2.39. The van der Waals surface area contributed by atoms with Crippen LogP contribution in [0.1, 0.15) is 78.1 Å². The topological polar surface area (TPSA) is 73.1 Å². The number of hydrogen-bond acceptors (Lipinski definition) is 6. The van der Waals surface area contributed by atoms with E-state index in [1.807, 2.05) is 4.68 Å². The lowest BCUT2D eigenvalue weighted by Crippen LogP contribution is -2.43. The largest absolute Gasteiger partial charge is 0.497 e. The minimum absolute atomic E-state index is 0.0302. The first-order valence-corrected chi connectivity index (χ1v) is 10.8. The predicted molar refractivity (Wildman–Crippen MR) is 105 cm³/mol. The molecule has 7 heteroatoms. The second-order valence-electron chi connectivity index (χ2n) is 9.40. The number of tetrazole rings is 1. The molecule has 0 aromatic carbocycles. The SMILES string of the molecule is CCC(C)(C)n1nnnc1C(C1=COC2CCC(C)CC2C1=O)N1CCCC1. The summed E-state index contributed by atoms with van der Waals surface area (Å²) in [6.45, 7) is 10.6. The summed E-state index contributed by atoms with van der Waals surface area (Å²) >= 11 is 0. The smallest absolute Gasteiger partial charge is 0.173 e. The van der Waals surface area contributed by atoms with Crippen LogP contribution in [-0.4, -0.2) is 50.1 Å². The maximum absolute atomic E-state index is 13.6. The van der Waals surface area contributed by atoms with Gasteiger partial charge in [-0.05, 0) is 81.8 Å². The number of carbonyl (C=O) groups excluding carboxylic acids is 1. The first kappa shape index (κ1) is 19.6. The summed E-state index contributed by atoms with van der Waals surface area (Å²) in [5, 5.41) is 12.7. The Balaban J connectivity index is 1.73. The van der Waals surface area contributed by atoms with Crippen molar-refractivity contribution in [2.75, 3.05) is 13.1 Å². The Kier molecular flexibility index (Phi) is 5.29. The fourth-order valence-corrected chi connectivity index (χ4v) is 4.87. The van der Waals surface area contributed by atoms with Gasteiger partial charge in [-0.3, -0.25) is 9.69 Å². The van der Waals surface area contributed by atoms with E-state index in [1.165, 1.54) is 0 Å². The second kappa shape index (κ2) is 7.58. The maximum atomic E-state index is 13.6. The van der Waals surface area contributed by atoms with Gasteiger partial charge in [-0.25, -0.2) is 4.68 Å². The molecule has 0 amide bonds. The van der Waals surface area contributed by atoms with E-state index in [2.05, 4.69) is 48.1 Å². The molecule has 4 unspecified atom stereocenters. The van der Waals surface area contributed by atoms with Crippen LogP contribution < -0.4 is 0 Å². The average Bonchev–Trinajstić information content (AvgIpc) is 3.37. The van der Waals surface area contributed by atoms with Crippen LogP contribution >= 0.6 is 0 Å². The summed E-state index contributed by atoms with van der Waals surface area (Å²) in [5.41, 5.74) is 0.526. The van der Waals surface area contributed by atoms with E-state index in [-0.39, 0.29) is 29.4 Å². The van der Waals surface area contributed by atoms with Crippen molar-refractivity contribution >= 4 is 5.78 Å². The standard InChI is InChI=1S/C21H33N5O2/c1-5-21(3,4)26-20(22-23-24-26)18(25-10-6-7-11-25)16-13-28-17-9-8-14(2)12-15(17)19(16)27/h13-15,17-18H,5-12H2,1-4H3. The number of carbonyl (C=O) groups is 1. The van der Waals surface area contributed by atoms with Crippen LogP contribution in [0.3, 0.4) is 0 Å². The monoisotopic (exact) mass is 387 g/mol. The van der Waals surface area contributed by atoms with Gasteiger partial charge in [-0.1, -0.05) is 13.8 Å². The lowest BCUT2D eigenvalue weighted by molar-refractivity contribution is -0.129. The number of ketones is 1. The van der Waals surface area contributed by atoms with E-state index in [0.717, 1.165) is 63.0 Å². The molecule has 0 N–H and O–H groups in total. The van der Waals surface area contributed by atoms with Gasteiger partial charge < -0.3 is 4.74 Å². The molecule has 154 valence electrons. The van der Waals surface area contributed by atoms with E-state index in [1.54, 1.807) is 6.26 Å². The lowest BCUT2D eigenvalue weighted by atomic mass is 9.74. The Morgan fingerprint density at radius 1 is 1.29 bits per heavy atom. The number of aromatic nitrogens is 4. The normalized spacial score (nSPS) is 29.9. The van der Waals surface area contributed by atoms with E-state index < -0.39 is 0 Å². The third kappa shape index (κ3) is 3.38. The molecule has 0 radical (unpaired) electrons. The Morgan fingerprint density at radius 2 is 2.04 bits per heavy atom. The number of nitrogens with zero attached hydrogens (tertiary/aromatic N) is 5. The molecular formula is C21H33N5O2. The van der Waals surface area contributed by atoms with E-state index in [4.69, 9.17) is 4.74 Å². The van der Waals surface area contributed by atoms with Crippen LogP contribution in [0.2, 0.25) is 0 Å². The molecule has 0 bridgehead atoms. The number of ether oxygens (including phenoxy) is 1. The fourth-order valence-electron chi connectivity index (χ4n) is 4.87. The fraction of sp³-hybridized carbons (Fsp3) is 0.810. The second-order valence-corrected chi connectivity index (χ2v) is 9.40. The molecule has 28 heavy (non-hydrogen) atoms. The Morgan fingerprint density at radius 3 is 2.75 bits per heavy atom. The third-order valence-corrected chi connectivity index (χ3v) is 7.02. The van der Waals surface area contributed by atoms with Gasteiger partial charge >= 0.3 is 0 Å². The number of fused-ring (bicyclic) bond motifs is 1. The molecule has 1 aliphatic carbocycles. The van der Waals surface area contributed by atoms with E-state index in [9.17, 15) is 4.79 Å². The van der Waals surface area contributed by atoms with Crippen molar-refractivity contribution in [1.82, 2.24) is 25.1 Å². The van der Waals surface area contributed by atoms with Gasteiger partial charge in [-0.2, -0.15) is 0 Å². The van der Waals surface area contributed by atoms with Crippen LogP contribution in [0, 0.1) is 11.8 Å². The van der Waals surface area contributed by atoms with Crippen molar-refractivity contribution in [2.45, 2.75) is 83.9 Å². The van der Waals surface area contributed by atoms with Gasteiger partial charge in [0, 0.05) is 0 Å². The zero-order chi connectivity index (χ0) is 19.9. The van der Waals surface area contributed by atoms with Crippen LogP contribution in [0.4, 0.5) is 0 Å². The molecule has 7 nitrogen and oxygen atoms in total. The van der Waals surface area contributed by atoms with Crippen LogP contribution in [-0.2, 0) is 15.1 Å². The van der Waals surface area contributed by atoms with Crippen molar-refractivity contribution in [1.29, 1.82) is 0 Å². The van der Waals surface area contributed by atoms with Gasteiger partial charge in [0.2, 0.25) is 0 Å². The number of hydrogen-bond donors (Lipinski definition) is 0. The number of likely N-dealkylation sites (tertiary alicyclic amines) is 1. The summed E-state index contributed by atoms with van der Waals surface area (Å²) in [6.07, 6.45) is 7.98. The number of Topliss-reactive ketones (excluding diaryl/α,β-unsaturated/α-hetero) is 1. The Labute approximate surface area is 167 Å². The van der Waals surface area contributed by atoms with E-state index >= 15 is 0 Å². The first-order valence-electron chi connectivity index (χ1n) is 10.8. The predicted octanol–water partition coefficient (Wildman–Crippen LogP) is 3.24. The molecular weight excluding hydrogens is 354 g/mol. The molecule has 2 fully saturated rings. The molecule has 2 aliphatic heterocycles. The highest BCUT2D eigenvalue weighted by atomic mass is 16.5. The van der Waals surface area contributed by atoms with Crippen molar-refractivity contribution in [3.05, 3.63) is 17.7 Å². The molecule has 3 aliphatic rings. The minimum atomic E-state index is -0.228. The van der Waals surface area contributed by atoms with Crippen LogP contribution in [0.5, 0.6) is 0 Å². The quantitative estimate of drug-likeness (QED) is 0.772. The zero-order valence-corrected chi connectivity index (χ0v) is 17.6. The highest BCUT2D eigenvalue weighted by Gasteiger charge is 2.45. The molecule has 4 rings (SSSR count). The molecule has 4 atom stereocenters. The molecule has 3 heterocycles. The summed E-state index contributed by atoms with van der Waals surface area (Å²) in [4.78, 5) is 15.9. The van der Waals surface area contributed by atoms with Crippen molar-refractivity contribution in [2.24, 2.45) is 11.8 Å². The van der Waals surface area contributed by atoms with Gasteiger partial charge in [-0.15, -0.1) is 5.10 Å². The zero-order valence-electron chi connectivity index (χ0n) is 17.6. The van der Waals surface area contributed by atoms with Gasteiger partial charge in [0.25, 0.3) is 0 Å². The highest BCUT2D eigenvalue weighted by molar-refractivity contribution is 5.99. The van der Waals surface area contributed by atoms with Crippen molar-refractivity contribution in [3.8, 4) is 0 Å². The van der Waals surface area contributed by atoms with Crippen molar-refractivity contribution < 1.29 is 9.53 Å². The van der Waals surface area contributed by atoms with Crippen LogP contribution in [0.15, 0.2) is 11.8 Å². The highest BCUT2D eigenvalue weighted by Crippen LogP contribution is 2.41. The molecule has 1 saturated carbocycles. The summed E-state index contributed by atoms with van der Waals surface area (Å²) in [6, 6.07) is -0.228. The molecule has 1 aromatic rings. The Hall–Kier alpha value is -1.76. The summed E-state index contributed by atoms with van der Waals surface area (Å²) < 4.78 is 8.03. The van der Waals surface area contributed by atoms with Gasteiger partial charge in [0.1, 0.15) is 12.1 Å². The van der Waals surface area contributed by atoms with Gasteiger partial charge in [0.05, 0.1) is 23.3 Å². The Bertz CT molecular complexity index is 750. The number of rotatable bonds is 5. The summed E-state index contributed by atoms with van der Waals surface area (Å²) in [5.74, 6) is 1.54. The molecule has 1 aromatic heterocycles. The maximum Gasteiger partial charge on any atom is 0.173 e. The first-order chi connectivity index (χ1) is 13.4. The van der Waals surface area contributed by atoms with E-state index in [0.29, 0.717) is 5.92 Å². The third-order valence-electron chi connectivity index (χ3n) is 7.02. The minimum Gasteiger partial charge on any atom is -0.497 e. The summed E-state index contributed by atoms with van der Waals surface area (Å²) in [7, 11) is 0. The molecule has 1 saturated heterocycles. The average molecular weight is 388 g/mol. The van der Waals surface area contributed by atoms with Gasteiger partial charge in [0.15, 0.2) is 11.6 Å². The molecule has 0 spiro atoms.